The number of halogens is 3. The summed E-state index contributed by atoms with van der Waals surface area (Å²) in [6.07, 6.45) is 1.47. The van der Waals surface area contributed by atoms with Gasteiger partial charge >= 0.3 is 0 Å². The number of aromatic nitrogens is 1. The van der Waals surface area contributed by atoms with Gasteiger partial charge < -0.3 is 20.5 Å². The number of nitrogens with one attached hydrogen (secondary N) is 3. The smallest absolute Gasteiger partial charge is 0.268 e. The molecule has 2 aromatic carbocycles. The molecule has 1 aromatic heterocycles. The number of hydrogen-bond donors (Lipinski definition) is 3. The van der Waals surface area contributed by atoms with Gasteiger partial charge in [0.15, 0.2) is 0 Å². The molecule has 32 heavy (non-hydrogen) atoms. The van der Waals surface area contributed by atoms with Gasteiger partial charge in [-0.15, -0.1) is 12.4 Å². The third kappa shape index (κ3) is 4.59. The summed E-state index contributed by atoms with van der Waals surface area (Å²) in [5.74, 6) is -0.315. The predicted molar refractivity (Wildman–Crippen MR) is 132 cm³/mol. The molecule has 2 heterocycles. The fourth-order valence-corrected chi connectivity index (χ4v) is 4.66. The quantitative estimate of drug-likeness (QED) is 0.483. The van der Waals surface area contributed by atoms with Gasteiger partial charge in [-0.2, -0.15) is 0 Å². The zero-order valence-corrected chi connectivity index (χ0v) is 20.1. The first-order chi connectivity index (χ1) is 14.8. The van der Waals surface area contributed by atoms with Crippen LogP contribution < -0.4 is 16.0 Å². The van der Waals surface area contributed by atoms with Crippen LogP contribution in [0.1, 0.15) is 35.8 Å². The second kappa shape index (κ2) is 9.71. The minimum Gasteiger partial charge on any atom is -0.341 e. The minimum absolute atomic E-state index is 0. The number of nitrogens with zero attached hydrogens (tertiary/aromatic N) is 1. The molecule has 1 fully saturated rings. The van der Waals surface area contributed by atoms with Crippen LogP contribution >= 0.6 is 35.6 Å². The lowest BCUT2D eigenvalue weighted by Gasteiger charge is -2.39. The molecule has 3 aromatic rings. The molecule has 1 aliphatic rings. The molecular weight excluding hydrogens is 471 g/mol. The molecule has 0 radical (unpaired) electrons. The van der Waals surface area contributed by atoms with E-state index in [0.29, 0.717) is 21.4 Å². The Balaban J connectivity index is 0.00000289. The topological polar surface area (TPSA) is 75.2 Å². The number of hydrogen-bond acceptors (Lipinski definition) is 3. The Morgan fingerprint density at radius 2 is 1.81 bits per heavy atom. The second-order valence-corrected chi connectivity index (χ2v) is 8.72. The molecule has 0 atom stereocenters. The zero-order valence-electron chi connectivity index (χ0n) is 17.8. The fourth-order valence-electron chi connectivity index (χ4n) is 4.29. The molecule has 6 nitrogen and oxygen atoms in total. The number of rotatable bonds is 4. The van der Waals surface area contributed by atoms with Crippen LogP contribution in [0.3, 0.4) is 0 Å². The first kappa shape index (κ1) is 24.4. The molecule has 170 valence electrons. The van der Waals surface area contributed by atoms with Crippen LogP contribution in [0.4, 0.5) is 5.69 Å². The first-order valence-electron chi connectivity index (χ1n) is 10.2. The Labute approximate surface area is 203 Å². The van der Waals surface area contributed by atoms with E-state index in [-0.39, 0.29) is 24.2 Å². The van der Waals surface area contributed by atoms with Crippen LogP contribution in [-0.2, 0) is 17.4 Å². The number of piperidine rings is 1. The van der Waals surface area contributed by atoms with Gasteiger partial charge in [0, 0.05) is 30.6 Å². The highest BCUT2D eigenvalue weighted by molar-refractivity contribution is 6.45. The Kier molecular flexibility index (Phi) is 7.40. The summed E-state index contributed by atoms with van der Waals surface area (Å²) < 4.78 is 1.83. The van der Waals surface area contributed by atoms with Crippen molar-refractivity contribution in [2.45, 2.75) is 25.3 Å². The number of anilines is 1. The summed E-state index contributed by atoms with van der Waals surface area (Å²) in [5, 5.41) is 11.1. The minimum atomic E-state index is -0.547. The molecule has 0 aliphatic carbocycles. The van der Waals surface area contributed by atoms with Gasteiger partial charge in [-0.05, 0) is 61.8 Å². The van der Waals surface area contributed by atoms with Crippen LogP contribution in [0, 0.1) is 0 Å². The lowest BCUT2D eigenvalue weighted by atomic mass is 9.81. The van der Waals surface area contributed by atoms with Crippen LogP contribution in [-0.4, -0.2) is 29.5 Å². The van der Waals surface area contributed by atoms with Crippen molar-refractivity contribution in [3.8, 4) is 0 Å². The van der Waals surface area contributed by atoms with Crippen molar-refractivity contribution in [2.24, 2.45) is 7.05 Å². The molecule has 1 saturated heterocycles. The Morgan fingerprint density at radius 1 is 1.09 bits per heavy atom. The number of carbonyl (C=O) groups excluding carboxylic acids is 2. The van der Waals surface area contributed by atoms with E-state index in [1.807, 2.05) is 41.9 Å². The highest BCUT2D eigenvalue weighted by Gasteiger charge is 2.36. The van der Waals surface area contributed by atoms with Gasteiger partial charge in [0.25, 0.3) is 5.91 Å². The molecule has 1 aliphatic heterocycles. The number of benzene rings is 2. The number of amides is 2. The van der Waals surface area contributed by atoms with Gasteiger partial charge in [-0.25, -0.2) is 0 Å². The number of carbonyl (C=O) groups is 2. The monoisotopic (exact) mass is 494 g/mol. The maximum atomic E-state index is 13.4. The maximum Gasteiger partial charge on any atom is 0.268 e. The molecule has 0 saturated carbocycles. The van der Waals surface area contributed by atoms with E-state index in [1.165, 1.54) is 6.92 Å². The van der Waals surface area contributed by atoms with Crippen molar-refractivity contribution in [2.75, 3.05) is 18.4 Å². The standard InChI is InChI=1S/C23H24Cl2N4O2.ClH/c1-14(30)27-16-5-3-4-15(12-16)23(8-10-26-11-9-23)28-22(31)20-13-17-19(29(20)2)7-6-18(24)21(17)25;/h3-7,12-13,26H,8-11H2,1-2H3,(H,27,30)(H,28,31);1H. The van der Waals surface area contributed by atoms with Crippen molar-refractivity contribution in [1.29, 1.82) is 0 Å². The van der Waals surface area contributed by atoms with Crippen molar-refractivity contribution >= 4 is 64.0 Å². The predicted octanol–water partition coefficient (Wildman–Crippen LogP) is 4.87. The van der Waals surface area contributed by atoms with Crippen molar-refractivity contribution < 1.29 is 9.59 Å². The lowest BCUT2D eigenvalue weighted by molar-refractivity contribution is -0.114. The number of fused-ring (bicyclic) bond motifs is 1. The van der Waals surface area contributed by atoms with E-state index in [0.717, 1.165) is 42.4 Å². The average molecular weight is 496 g/mol. The van der Waals surface area contributed by atoms with Crippen LogP contribution in [0.2, 0.25) is 10.0 Å². The van der Waals surface area contributed by atoms with E-state index in [4.69, 9.17) is 23.2 Å². The molecule has 0 unspecified atom stereocenters. The fraction of sp³-hybridized carbons (Fsp3) is 0.304. The van der Waals surface area contributed by atoms with E-state index < -0.39 is 5.54 Å². The molecule has 0 bridgehead atoms. The summed E-state index contributed by atoms with van der Waals surface area (Å²) in [4.78, 5) is 24.9. The Morgan fingerprint density at radius 3 is 2.50 bits per heavy atom. The van der Waals surface area contributed by atoms with Gasteiger partial charge in [-0.1, -0.05) is 35.3 Å². The van der Waals surface area contributed by atoms with Crippen LogP contribution in [0.5, 0.6) is 0 Å². The zero-order chi connectivity index (χ0) is 22.2. The van der Waals surface area contributed by atoms with E-state index in [2.05, 4.69) is 16.0 Å². The van der Waals surface area contributed by atoms with Gasteiger partial charge in [-0.3, -0.25) is 9.59 Å². The van der Waals surface area contributed by atoms with Gasteiger partial charge in [0.05, 0.1) is 15.6 Å². The molecule has 0 spiro atoms. The molecule has 3 N–H and O–H groups in total. The average Bonchev–Trinajstić information content (AvgIpc) is 3.08. The molecule has 2 amide bonds. The summed E-state index contributed by atoms with van der Waals surface area (Å²) in [6.45, 7) is 3.04. The van der Waals surface area contributed by atoms with Gasteiger partial charge in [0.2, 0.25) is 5.91 Å². The Hall–Kier alpha value is -2.25. The summed E-state index contributed by atoms with van der Waals surface area (Å²) in [6, 6.07) is 13.0. The third-order valence-electron chi connectivity index (χ3n) is 5.89. The van der Waals surface area contributed by atoms with Gasteiger partial charge in [0.1, 0.15) is 5.69 Å². The molecular formula is C23H25Cl3N4O2. The first-order valence-corrected chi connectivity index (χ1v) is 10.9. The Bertz CT molecular complexity index is 1170. The maximum absolute atomic E-state index is 13.4. The lowest BCUT2D eigenvalue weighted by Crippen LogP contribution is -2.52. The van der Waals surface area contributed by atoms with Crippen molar-refractivity contribution in [3.05, 3.63) is 63.8 Å². The highest BCUT2D eigenvalue weighted by atomic mass is 35.5. The van der Waals surface area contributed by atoms with E-state index in [1.54, 1.807) is 12.1 Å². The number of aryl methyl sites for hydroxylation is 1. The van der Waals surface area contributed by atoms with E-state index in [9.17, 15) is 9.59 Å². The summed E-state index contributed by atoms with van der Waals surface area (Å²) >= 11 is 12.5. The van der Waals surface area contributed by atoms with Crippen molar-refractivity contribution in [3.63, 3.8) is 0 Å². The normalized spacial score (nSPS) is 15.1. The van der Waals surface area contributed by atoms with Crippen molar-refractivity contribution in [1.82, 2.24) is 15.2 Å². The largest absolute Gasteiger partial charge is 0.341 e. The second-order valence-electron chi connectivity index (χ2n) is 7.93. The SMILES string of the molecule is CC(=O)Nc1cccc(C2(NC(=O)c3cc4c(Cl)c(Cl)ccc4n3C)CCNCC2)c1.Cl. The molecule has 4 rings (SSSR count). The van der Waals surface area contributed by atoms with Crippen LogP contribution in [0.25, 0.3) is 10.9 Å². The summed E-state index contributed by atoms with van der Waals surface area (Å²) in [7, 11) is 1.84. The third-order valence-corrected chi connectivity index (χ3v) is 6.71. The van der Waals surface area contributed by atoms with E-state index >= 15 is 0 Å². The summed E-state index contributed by atoms with van der Waals surface area (Å²) in [5.41, 5.74) is 2.48. The molecule has 9 heteroatoms. The van der Waals surface area contributed by atoms with Crippen LogP contribution in [0.15, 0.2) is 42.5 Å². The highest BCUT2D eigenvalue weighted by Crippen LogP contribution is 2.35.